The van der Waals surface area contributed by atoms with E-state index in [2.05, 4.69) is 0 Å². The lowest BCUT2D eigenvalue weighted by Crippen LogP contribution is -2.44. The quantitative estimate of drug-likeness (QED) is 0.855. The second kappa shape index (κ2) is 6.82. The first-order valence-electron chi connectivity index (χ1n) is 8.01. The predicted octanol–water partition coefficient (Wildman–Crippen LogP) is 3.96. The molecule has 0 aliphatic carbocycles. The van der Waals surface area contributed by atoms with Crippen LogP contribution < -0.4 is 9.64 Å². The van der Waals surface area contributed by atoms with E-state index in [1.807, 2.05) is 31.2 Å². The number of carbonyl (C=O) groups is 1. The van der Waals surface area contributed by atoms with Gasteiger partial charge in [0.1, 0.15) is 0 Å². The summed E-state index contributed by atoms with van der Waals surface area (Å²) >= 11 is 0. The summed E-state index contributed by atoms with van der Waals surface area (Å²) in [5, 5.41) is 0. The van der Waals surface area contributed by atoms with Crippen molar-refractivity contribution < 1.29 is 13.9 Å². The van der Waals surface area contributed by atoms with Crippen LogP contribution in [0.2, 0.25) is 0 Å². The molecule has 120 valence electrons. The molecule has 0 radical (unpaired) electrons. The minimum atomic E-state index is -0.682. The molecule has 0 bridgehead atoms. The number of benzene rings is 2. The van der Waals surface area contributed by atoms with Crippen LogP contribution in [0.15, 0.2) is 48.5 Å². The molecule has 1 heterocycles. The summed E-state index contributed by atoms with van der Waals surface area (Å²) in [4.78, 5) is 14.7. The molecule has 0 saturated heterocycles. The first kappa shape index (κ1) is 15.5. The van der Waals surface area contributed by atoms with Crippen molar-refractivity contribution in [3.63, 3.8) is 0 Å². The van der Waals surface area contributed by atoms with Crippen molar-refractivity contribution in [3.05, 3.63) is 59.9 Å². The Morgan fingerprint density at radius 3 is 2.74 bits per heavy atom. The third kappa shape index (κ3) is 3.21. The number of rotatable bonds is 4. The van der Waals surface area contributed by atoms with Gasteiger partial charge in [-0.3, -0.25) is 4.79 Å². The van der Waals surface area contributed by atoms with Gasteiger partial charge in [0.25, 0.3) is 5.91 Å². The van der Waals surface area contributed by atoms with Crippen molar-refractivity contribution in [2.45, 2.75) is 32.3 Å². The van der Waals surface area contributed by atoms with E-state index in [1.54, 1.807) is 23.1 Å². The van der Waals surface area contributed by atoms with Crippen LogP contribution in [-0.4, -0.2) is 18.6 Å². The van der Waals surface area contributed by atoms with Gasteiger partial charge in [0.05, 0.1) is 0 Å². The highest BCUT2D eigenvalue weighted by Crippen LogP contribution is 2.28. The molecule has 1 aliphatic rings. The molecule has 2 aromatic rings. The van der Waals surface area contributed by atoms with E-state index >= 15 is 0 Å². The van der Waals surface area contributed by atoms with Crippen LogP contribution >= 0.6 is 0 Å². The monoisotopic (exact) mass is 313 g/mol. The molecule has 0 fully saturated rings. The van der Waals surface area contributed by atoms with Crippen LogP contribution in [0.5, 0.6) is 5.75 Å². The number of anilines is 1. The lowest BCUT2D eigenvalue weighted by Gasteiger charge is -2.32. The Balaban J connectivity index is 1.83. The smallest absolute Gasteiger partial charge is 0.268 e. The zero-order chi connectivity index (χ0) is 16.2. The predicted molar refractivity (Wildman–Crippen MR) is 88.2 cm³/mol. The first-order valence-corrected chi connectivity index (χ1v) is 8.01. The molecule has 1 atom stereocenters. The van der Waals surface area contributed by atoms with Gasteiger partial charge in [0.15, 0.2) is 17.7 Å². The number of fused-ring (bicyclic) bond motifs is 1. The first-order chi connectivity index (χ1) is 11.2. The number of hydrogen-bond donors (Lipinski definition) is 0. The summed E-state index contributed by atoms with van der Waals surface area (Å²) in [5.41, 5.74) is 2.12. The fourth-order valence-electron chi connectivity index (χ4n) is 2.94. The molecule has 1 aliphatic heterocycles. The van der Waals surface area contributed by atoms with Gasteiger partial charge in [-0.25, -0.2) is 4.39 Å². The Labute approximate surface area is 135 Å². The Bertz CT molecular complexity index is 701. The summed E-state index contributed by atoms with van der Waals surface area (Å²) < 4.78 is 19.4. The summed E-state index contributed by atoms with van der Waals surface area (Å²) in [6.07, 6.45) is 1.72. The highest BCUT2D eigenvalue weighted by atomic mass is 19.1. The fraction of sp³-hybridized carbons (Fsp3) is 0.316. The molecular formula is C19H20FNO2. The number of ether oxygens (including phenoxy) is 1. The molecule has 0 spiro atoms. The second-order valence-electron chi connectivity index (χ2n) is 5.67. The SMILES string of the molecule is CCC(Oc1ccccc1F)C(=O)N1CCCc2ccccc21. The van der Waals surface area contributed by atoms with Crippen molar-refractivity contribution in [2.24, 2.45) is 0 Å². The molecule has 3 nitrogen and oxygen atoms in total. The summed E-state index contributed by atoms with van der Waals surface area (Å²) in [6.45, 7) is 2.55. The molecule has 1 amide bonds. The molecular weight excluding hydrogens is 293 g/mol. The molecule has 2 aromatic carbocycles. The number of hydrogen-bond acceptors (Lipinski definition) is 2. The van der Waals surface area contributed by atoms with Crippen molar-refractivity contribution in [1.29, 1.82) is 0 Å². The van der Waals surface area contributed by atoms with E-state index in [0.717, 1.165) is 18.5 Å². The number of aryl methyl sites for hydroxylation is 1. The van der Waals surface area contributed by atoms with Crippen LogP contribution in [0, 0.1) is 5.82 Å². The molecule has 4 heteroatoms. The maximum atomic E-state index is 13.8. The van der Waals surface area contributed by atoms with Crippen molar-refractivity contribution in [3.8, 4) is 5.75 Å². The molecule has 23 heavy (non-hydrogen) atoms. The maximum absolute atomic E-state index is 13.8. The number of halogens is 1. The normalized spacial score (nSPS) is 15.0. The molecule has 0 N–H and O–H groups in total. The second-order valence-corrected chi connectivity index (χ2v) is 5.67. The van der Waals surface area contributed by atoms with Crippen molar-refractivity contribution in [2.75, 3.05) is 11.4 Å². The van der Waals surface area contributed by atoms with Gasteiger partial charge in [0, 0.05) is 12.2 Å². The summed E-state index contributed by atoms with van der Waals surface area (Å²) in [5.74, 6) is -0.432. The lowest BCUT2D eigenvalue weighted by atomic mass is 10.0. The van der Waals surface area contributed by atoms with E-state index in [1.165, 1.54) is 11.6 Å². The van der Waals surface area contributed by atoms with Crippen LogP contribution in [0.4, 0.5) is 10.1 Å². The third-order valence-corrected chi connectivity index (χ3v) is 4.13. The van der Waals surface area contributed by atoms with Crippen LogP contribution in [0.3, 0.4) is 0 Å². The maximum Gasteiger partial charge on any atom is 0.268 e. The lowest BCUT2D eigenvalue weighted by molar-refractivity contribution is -0.125. The van der Waals surface area contributed by atoms with Crippen LogP contribution in [-0.2, 0) is 11.2 Å². The number of amides is 1. The van der Waals surface area contributed by atoms with Gasteiger partial charge in [-0.15, -0.1) is 0 Å². The third-order valence-electron chi connectivity index (χ3n) is 4.13. The van der Waals surface area contributed by atoms with E-state index in [0.29, 0.717) is 13.0 Å². The van der Waals surface area contributed by atoms with Crippen LogP contribution in [0.1, 0.15) is 25.3 Å². The number of nitrogens with zero attached hydrogens (tertiary/aromatic N) is 1. The molecule has 1 unspecified atom stereocenters. The Morgan fingerprint density at radius 1 is 1.22 bits per heavy atom. The number of para-hydroxylation sites is 2. The Morgan fingerprint density at radius 2 is 1.96 bits per heavy atom. The number of carbonyl (C=O) groups excluding carboxylic acids is 1. The minimum Gasteiger partial charge on any atom is -0.478 e. The van der Waals surface area contributed by atoms with Crippen LogP contribution in [0.25, 0.3) is 0 Å². The van der Waals surface area contributed by atoms with Crippen molar-refractivity contribution in [1.82, 2.24) is 0 Å². The standard InChI is InChI=1S/C19H20FNO2/c1-2-17(23-18-12-6-4-10-15(18)20)19(22)21-13-7-9-14-8-3-5-11-16(14)21/h3-6,8,10-12,17H,2,7,9,13H2,1H3. The largest absolute Gasteiger partial charge is 0.478 e. The molecule has 0 saturated carbocycles. The van der Waals surface area contributed by atoms with Gasteiger partial charge in [-0.05, 0) is 43.0 Å². The molecule has 0 aromatic heterocycles. The summed E-state index contributed by atoms with van der Waals surface area (Å²) in [7, 11) is 0. The minimum absolute atomic E-state index is 0.108. The van der Waals surface area contributed by atoms with Gasteiger partial charge in [0.2, 0.25) is 0 Å². The highest BCUT2D eigenvalue weighted by molar-refractivity contribution is 5.97. The van der Waals surface area contributed by atoms with Gasteiger partial charge in [-0.2, -0.15) is 0 Å². The summed E-state index contributed by atoms with van der Waals surface area (Å²) in [6, 6.07) is 14.1. The topological polar surface area (TPSA) is 29.5 Å². The average molecular weight is 313 g/mol. The fourth-order valence-corrected chi connectivity index (χ4v) is 2.94. The zero-order valence-electron chi connectivity index (χ0n) is 13.2. The average Bonchev–Trinajstić information content (AvgIpc) is 2.60. The van der Waals surface area contributed by atoms with E-state index in [9.17, 15) is 9.18 Å². The highest BCUT2D eigenvalue weighted by Gasteiger charge is 2.29. The van der Waals surface area contributed by atoms with Gasteiger partial charge < -0.3 is 9.64 Å². The van der Waals surface area contributed by atoms with Gasteiger partial charge in [-0.1, -0.05) is 37.3 Å². The van der Waals surface area contributed by atoms with Gasteiger partial charge >= 0.3 is 0 Å². The molecule has 3 rings (SSSR count). The van der Waals surface area contributed by atoms with E-state index in [4.69, 9.17) is 4.74 Å². The van der Waals surface area contributed by atoms with E-state index in [-0.39, 0.29) is 11.7 Å². The van der Waals surface area contributed by atoms with E-state index < -0.39 is 11.9 Å². The Kier molecular flexibility index (Phi) is 4.60. The van der Waals surface area contributed by atoms with Crippen molar-refractivity contribution >= 4 is 11.6 Å². The Hall–Kier alpha value is -2.36. The zero-order valence-corrected chi connectivity index (χ0v) is 13.2.